The number of carbonyl (C=O) groups is 2. The highest BCUT2D eigenvalue weighted by Crippen LogP contribution is 2.21. The van der Waals surface area contributed by atoms with Crippen LogP contribution in [0.3, 0.4) is 0 Å². The summed E-state index contributed by atoms with van der Waals surface area (Å²) in [4.78, 5) is 25.1. The van der Waals surface area contributed by atoms with Gasteiger partial charge in [-0.2, -0.15) is 0 Å². The summed E-state index contributed by atoms with van der Waals surface area (Å²) < 4.78 is 5.46. The van der Waals surface area contributed by atoms with Crippen molar-refractivity contribution in [2.75, 3.05) is 24.6 Å². The van der Waals surface area contributed by atoms with E-state index in [1.54, 1.807) is 29.2 Å². The first-order valence-corrected chi connectivity index (χ1v) is 7.42. The Labute approximate surface area is 129 Å². The number of ether oxygens (including phenoxy) is 1. The van der Waals surface area contributed by atoms with Gasteiger partial charge < -0.3 is 15.0 Å². The van der Waals surface area contributed by atoms with Crippen molar-refractivity contribution < 1.29 is 14.3 Å². The van der Waals surface area contributed by atoms with Crippen LogP contribution in [0.1, 0.15) is 19.8 Å². The van der Waals surface area contributed by atoms with Gasteiger partial charge in [-0.25, -0.2) is 0 Å². The number of hydrogen-bond acceptors (Lipinski definition) is 3. The van der Waals surface area contributed by atoms with Crippen molar-refractivity contribution in [2.24, 2.45) is 0 Å². The maximum Gasteiger partial charge on any atom is 0.253 e. The Morgan fingerprint density at radius 1 is 1.43 bits per heavy atom. The Balaban J connectivity index is 1.94. The summed E-state index contributed by atoms with van der Waals surface area (Å²) in [6.07, 6.45) is 1.12. The molecule has 5 nitrogen and oxygen atoms in total. The molecule has 21 heavy (non-hydrogen) atoms. The molecule has 1 atom stereocenters. The minimum atomic E-state index is -0.195. The number of carbonyl (C=O) groups excluding carboxylic acids is 2. The maximum absolute atomic E-state index is 11.9. The van der Waals surface area contributed by atoms with Gasteiger partial charge in [-0.05, 0) is 30.7 Å². The van der Waals surface area contributed by atoms with Crippen molar-refractivity contribution in [3.8, 4) is 0 Å². The number of nitrogens with one attached hydrogen (secondary N) is 1. The van der Waals surface area contributed by atoms with Gasteiger partial charge in [0.05, 0.1) is 12.6 Å². The lowest BCUT2D eigenvalue weighted by molar-refractivity contribution is -0.129. The quantitative estimate of drug-likeness (QED) is 0.905. The number of halogens is 1. The van der Waals surface area contributed by atoms with Crippen molar-refractivity contribution in [1.29, 1.82) is 0 Å². The van der Waals surface area contributed by atoms with Gasteiger partial charge >= 0.3 is 0 Å². The standard InChI is InChI=1S/C15H19ClN2O3/c1-2-3-14(19)17-8-13-9-18(15(20)10-21-13)12-6-4-11(16)5-7-12/h4-7,13H,2-3,8-10H2,1H3,(H,17,19). The second kappa shape index (κ2) is 7.43. The molecule has 6 heteroatoms. The van der Waals surface area contributed by atoms with Crippen molar-refractivity contribution in [3.63, 3.8) is 0 Å². The summed E-state index contributed by atoms with van der Waals surface area (Å²) in [6.45, 7) is 2.82. The van der Waals surface area contributed by atoms with Crippen LogP contribution in [0.2, 0.25) is 5.02 Å². The van der Waals surface area contributed by atoms with Gasteiger partial charge in [-0.1, -0.05) is 18.5 Å². The molecule has 1 aliphatic rings. The number of rotatable bonds is 5. The fraction of sp³-hybridized carbons (Fsp3) is 0.467. The van der Waals surface area contributed by atoms with E-state index in [-0.39, 0.29) is 24.5 Å². The van der Waals surface area contributed by atoms with Crippen LogP contribution < -0.4 is 10.2 Å². The van der Waals surface area contributed by atoms with Crippen molar-refractivity contribution in [3.05, 3.63) is 29.3 Å². The Morgan fingerprint density at radius 3 is 2.81 bits per heavy atom. The van der Waals surface area contributed by atoms with E-state index in [4.69, 9.17) is 16.3 Å². The van der Waals surface area contributed by atoms with Gasteiger partial charge in [-0.15, -0.1) is 0 Å². The normalized spacial score (nSPS) is 18.7. The van der Waals surface area contributed by atoms with E-state index in [0.717, 1.165) is 12.1 Å². The molecule has 0 saturated carbocycles. The third-order valence-electron chi connectivity index (χ3n) is 3.27. The van der Waals surface area contributed by atoms with Gasteiger partial charge in [0.1, 0.15) is 6.61 Å². The fourth-order valence-electron chi connectivity index (χ4n) is 2.16. The van der Waals surface area contributed by atoms with Gasteiger partial charge in [-0.3, -0.25) is 9.59 Å². The van der Waals surface area contributed by atoms with E-state index < -0.39 is 0 Å². The fourth-order valence-corrected chi connectivity index (χ4v) is 2.29. The van der Waals surface area contributed by atoms with Crippen molar-refractivity contribution >= 4 is 29.1 Å². The van der Waals surface area contributed by atoms with Crippen LogP contribution in [0.4, 0.5) is 5.69 Å². The first kappa shape index (κ1) is 15.8. The number of nitrogens with zero attached hydrogens (tertiary/aromatic N) is 1. The van der Waals surface area contributed by atoms with E-state index in [2.05, 4.69) is 5.32 Å². The number of amides is 2. The summed E-state index contributed by atoms with van der Waals surface area (Å²) in [7, 11) is 0. The van der Waals surface area contributed by atoms with Crippen LogP contribution in [0.15, 0.2) is 24.3 Å². The lowest BCUT2D eigenvalue weighted by Crippen LogP contribution is -2.50. The summed E-state index contributed by atoms with van der Waals surface area (Å²) in [6, 6.07) is 7.10. The summed E-state index contributed by atoms with van der Waals surface area (Å²) in [5, 5.41) is 3.45. The molecular formula is C15H19ClN2O3. The van der Waals surface area contributed by atoms with Gasteiger partial charge in [0.15, 0.2) is 0 Å². The molecule has 0 aliphatic carbocycles. The molecule has 1 aromatic rings. The Hall–Kier alpha value is -1.59. The zero-order valence-corrected chi connectivity index (χ0v) is 12.7. The second-order valence-corrected chi connectivity index (χ2v) is 5.40. The average molecular weight is 311 g/mol. The van der Waals surface area contributed by atoms with Crippen LogP contribution in [0.25, 0.3) is 0 Å². The molecule has 1 aromatic carbocycles. The highest BCUT2D eigenvalue weighted by molar-refractivity contribution is 6.30. The zero-order valence-electron chi connectivity index (χ0n) is 12.0. The third-order valence-corrected chi connectivity index (χ3v) is 3.52. The molecule has 1 aliphatic heterocycles. The molecule has 0 spiro atoms. The average Bonchev–Trinajstić information content (AvgIpc) is 2.48. The topological polar surface area (TPSA) is 58.6 Å². The molecule has 0 radical (unpaired) electrons. The first-order valence-electron chi connectivity index (χ1n) is 7.04. The number of hydrogen-bond donors (Lipinski definition) is 1. The predicted octanol–water partition coefficient (Wildman–Crippen LogP) is 1.99. The zero-order chi connectivity index (χ0) is 15.2. The maximum atomic E-state index is 11.9. The van der Waals surface area contributed by atoms with E-state index in [9.17, 15) is 9.59 Å². The van der Waals surface area contributed by atoms with E-state index in [1.165, 1.54) is 0 Å². The number of anilines is 1. The Kier molecular flexibility index (Phi) is 5.59. The molecular weight excluding hydrogens is 292 g/mol. The molecule has 1 saturated heterocycles. The largest absolute Gasteiger partial charge is 0.365 e. The molecule has 1 N–H and O–H groups in total. The van der Waals surface area contributed by atoms with Gasteiger partial charge in [0.25, 0.3) is 5.91 Å². The first-order chi connectivity index (χ1) is 10.1. The summed E-state index contributed by atoms with van der Waals surface area (Å²) in [5.74, 6) is -0.0792. The number of morpholine rings is 1. The summed E-state index contributed by atoms with van der Waals surface area (Å²) in [5.41, 5.74) is 0.789. The second-order valence-electron chi connectivity index (χ2n) is 4.97. The molecule has 0 bridgehead atoms. The molecule has 114 valence electrons. The van der Waals surface area contributed by atoms with Crippen molar-refractivity contribution in [1.82, 2.24) is 5.32 Å². The molecule has 1 heterocycles. The minimum Gasteiger partial charge on any atom is -0.365 e. The summed E-state index contributed by atoms with van der Waals surface area (Å²) >= 11 is 5.85. The molecule has 1 unspecified atom stereocenters. The highest BCUT2D eigenvalue weighted by atomic mass is 35.5. The van der Waals surface area contributed by atoms with Crippen LogP contribution in [-0.2, 0) is 14.3 Å². The third kappa shape index (κ3) is 4.44. The van der Waals surface area contributed by atoms with E-state index in [0.29, 0.717) is 24.5 Å². The van der Waals surface area contributed by atoms with Crippen LogP contribution in [0.5, 0.6) is 0 Å². The van der Waals surface area contributed by atoms with Gasteiger partial charge in [0, 0.05) is 23.7 Å². The Morgan fingerprint density at radius 2 is 2.14 bits per heavy atom. The molecule has 2 rings (SSSR count). The minimum absolute atomic E-state index is 0.0102. The van der Waals surface area contributed by atoms with Crippen LogP contribution in [-0.4, -0.2) is 37.6 Å². The smallest absolute Gasteiger partial charge is 0.253 e. The predicted molar refractivity (Wildman–Crippen MR) is 81.5 cm³/mol. The Bertz CT molecular complexity index is 504. The van der Waals surface area contributed by atoms with Crippen LogP contribution in [0, 0.1) is 0 Å². The van der Waals surface area contributed by atoms with E-state index >= 15 is 0 Å². The molecule has 2 amide bonds. The molecule has 1 fully saturated rings. The van der Waals surface area contributed by atoms with Crippen LogP contribution >= 0.6 is 11.6 Å². The highest BCUT2D eigenvalue weighted by Gasteiger charge is 2.27. The molecule has 0 aromatic heterocycles. The SMILES string of the molecule is CCCC(=O)NCC1CN(c2ccc(Cl)cc2)C(=O)CO1. The monoisotopic (exact) mass is 310 g/mol. The van der Waals surface area contributed by atoms with Gasteiger partial charge in [0.2, 0.25) is 5.91 Å². The van der Waals surface area contributed by atoms with Crippen molar-refractivity contribution in [2.45, 2.75) is 25.9 Å². The lowest BCUT2D eigenvalue weighted by Gasteiger charge is -2.32. The van der Waals surface area contributed by atoms with E-state index in [1.807, 2.05) is 6.92 Å². The lowest BCUT2D eigenvalue weighted by atomic mass is 10.2. The number of benzene rings is 1.